The van der Waals surface area contributed by atoms with Gasteiger partial charge in [0.2, 0.25) is 5.28 Å². The third-order valence-electron chi connectivity index (χ3n) is 20.0. The van der Waals surface area contributed by atoms with Crippen LogP contribution < -0.4 is 4.65 Å². The molecule has 10 nitrogen and oxygen atoms in total. The summed E-state index contributed by atoms with van der Waals surface area (Å²) in [5, 5.41) is 9.50. The third-order valence-corrected chi connectivity index (χ3v) is 20.2. The molecular weight excluding hydrogens is 1280 g/mol. The zero-order valence-corrected chi connectivity index (χ0v) is 55.5. The Hall–Kier alpha value is -12.9. The first-order valence-electron chi connectivity index (χ1n) is 33.8. The summed E-state index contributed by atoms with van der Waals surface area (Å²) in [7, 11) is 0.764. The van der Waals surface area contributed by atoms with Gasteiger partial charge in [0.25, 0.3) is 0 Å². The van der Waals surface area contributed by atoms with Crippen LogP contribution in [0.1, 0.15) is 51.9 Å². The number of pyridine rings is 2. The summed E-state index contributed by atoms with van der Waals surface area (Å²) in [6, 6.07) is 110. The Kier molecular flexibility index (Phi) is 16.4. The average Bonchev–Trinajstić information content (AvgIpc) is 1.52. The Morgan fingerprint density at radius 1 is 0.262 bits per heavy atom. The molecule has 0 fully saturated rings. The number of benzene rings is 12. The maximum absolute atomic E-state index is 9.32. The topological polar surface area (TPSA) is 133 Å². The number of nitrogens with zero attached hydrogens (tertiary/aromatic N) is 8. The van der Waals surface area contributed by atoms with E-state index in [0.717, 1.165) is 68.9 Å². The lowest BCUT2D eigenvalue weighted by atomic mass is 9.70. The summed E-state index contributed by atoms with van der Waals surface area (Å²) in [6.45, 7) is 0. The van der Waals surface area contributed by atoms with Crippen LogP contribution in [0.2, 0.25) is 5.28 Å². The van der Waals surface area contributed by atoms with Crippen LogP contribution in [0, 0.1) is 0 Å². The van der Waals surface area contributed by atoms with E-state index in [0.29, 0.717) is 34.9 Å². The molecule has 2 spiro atoms. The van der Waals surface area contributed by atoms with Crippen LogP contribution in [0.5, 0.6) is 5.75 Å². The predicted molar refractivity (Wildman–Crippen MR) is 413 cm³/mol. The molecule has 0 unspecified atom stereocenters. The third kappa shape index (κ3) is 10.6. The molecule has 1 radical (unpaired) electrons. The lowest BCUT2D eigenvalue weighted by Crippen LogP contribution is -2.25. The van der Waals surface area contributed by atoms with Gasteiger partial charge in [0, 0.05) is 58.2 Å². The number of fused-ring (bicyclic) bond motifs is 20. The first-order chi connectivity index (χ1) is 50.5. The molecule has 103 heavy (non-hydrogen) atoms. The quantitative estimate of drug-likeness (QED) is 0.139. The van der Waals surface area contributed by atoms with E-state index in [1.54, 1.807) is 12.4 Å². The van der Waals surface area contributed by atoms with Crippen LogP contribution >= 0.6 is 11.6 Å². The number of hydrogen-bond acceptors (Lipinski definition) is 10. The van der Waals surface area contributed by atoms with Crippen molar-refractivity contribution in [3.05, 3.63) is 390 Å². The van der Waals surface area contributed by atoms with Gasteiger partial charge < -0.3 is 9.68 Å². The summed E-state index contributed by atoms with van der Waals surface area (Å²) in [5.41, 5.74) is 28.1. The van der Waals surface area contributed by atoms with Crippen molar-refractivity contribution in [3.8, 4) is 129 Å². The first kappa shape index (κ1) is 63.5. The summed E-state index contributed by atoms with van der Waals surface area (Å²) in [6.07, 6.45) is 7.27. The van der Waals surface area contributed by atoms with E-state index < -0.39 is 5.41 Å². The van der Waals surface area contributed by atoms with E-state index in [-0.39, 0.29) is 18.1 Å². The molecule has 0 aliphatic heterocycles. The maximum atomic E-state index is 9.32. The van der Waals surface area contributed by atoms with Crippen molar-refractivity contribution < 1.29 is 9.68 Å². The highest BCUT2D eigenvalue weighted by molar-refractivity contribution is 6.28. The normalized spacial score (nSPS) is 12.6. The zero-order valence-electron chi connectivity index (χ0n) is 54.7. The van der Waals surface area contributed by atoms with Crippen molar-refractivity contribution in [1.29, 1.82) is 0 Å². The minimum Gasteiger partial charge on any atom is -0.537 e. The van der Waals surface area contributed by atoms with E-state index in [9.17, 15) is 5.02 Å². The Morgan fingerprint density at radius 2 is 0.563 bits per heavy atom. The molecule has 0 saturated heterocycles. The predicted octanol–water partition coefficient (Wildman–Crippen LogP) is 20.8. The molecule has 0 atom stereocenters. The van der Waals surface area contributed by atoms with Gasteiger partial charge in [-0.2, -0.15) is 9.97 Å². The Labute approximate surface area is 602 Å². The van der Waals surface area contributed by atoms with Crippen LogP contribution in [0.3, 0.4) is 0 Å². The Morgan fingerprint density at radius 3 is 0.971 bits per heavy atom. The number of hydrogen-bond donors (Lipinski definition) is 1. The largest absolute Gasteiger partial charge is 0.569 e. The SMILES string of the molecule is C.Clc1nc(-c2ccccc2)nc(-c2ccc(-c3cccnc3)cc2)n1.O[B]Oc1cccc2c1-c1ccccc1C21c2ccccc2-c2ccccc21.c1ccc(-c2nc(-c3ccc(-c4cccnc4)cc3)nc(-c3cccc4c3-c3ccccc3C43c4ccccc4-c4ccccc43)n2)cc1. The van der Waals surface area contributed by atoms with Gasteiger partial charge >= 0.3 is 7.69 Å². The minimum atomic E-state index is -0.435. The van der Waals surface area contributed by atoms with Crippen molar-refractivity contribution in [2.75, 3.05) is 0 Å². The van der Waals surface area contributed by atoms with Gasteiger partial charge in [0.05, 0.1) is 10.8 Å². The molecule has 4 aliphatic rings. The van der Waals surface area contributed by atoms with Gasteiger partial charge in [-0.1, -0.05) is 305 Å². The van der Waals surface area contributed by atoms with E-state index in [1.165, 1.54) is 77.9 Å². The molecule has 12 aromatic carbocycles. The molecule has 0 saturated carbocycles. The maximum Gasteiger partial charge on any atom is 0.569 e. The summed E-state index contributed by atoms with van der Waals surface area (Å²) < 4.78 is 5.51. The molecule has 4 heterocycles. The molecular formula is C91H61BClN8O2. The second-order valence-electron chi connectivity index (χ2n) is 25.3. The summed E-state index contributed by atoms with van der Waals surface area (Å²) in [5.74, 6) is 3.72. The highest BCUT2D eigenvalue weighted by Gasteiger charge is 2.54. The van der Waals surface area contributed by atoms with Gasteiger partial charge in [0.15, 0.2) is 29.1 Å². The van der Waals surface area contributed by atoms with Crippen LogP contribution in [0.15, 0.2) is 340 Å². The molecule has 1 N–H and O–H groups in total. The molecule has 4 aromatic heterocycles. The number of aromatic nitrogens is 8. The lowest BCUT2D eigenvalue weighted by Gasteiger charge is -2.30. The van der Waals surface area contributed by atoms with Gasteiger partial charge in [-0.15, -0.1) is 0 Å². The van der Waals surface area contributed by atoms with Crippen LogP contribution in [0.4, 0.5) is 0 Å². The first-order valence-corrected chi connectivity index (χ1v) is 34.1. The van der Waals surface area contributed by atoms with E-state index >= 15 is 0 Å². The van der Waals surface area contributed by atoms with Crippen molar-refractivity contribution in [1.82, 2.24) is 39.9 Å². The van der Waals surface area contributed by atoms with Crippen molar-refractivity contribution >= 4 is 19.3 Å². The zero-order chi connectivity index (χ0) is 68.1. The number of rotatable bonds is 9. The van der Waals surface area contributed by atoms with Crippen LogP contribution in [-0.2, 0) is 10.8 Å². The van der Waals surface area contributed by atoms with Gasteiger partial charge in [-0.25, -0.2) is 19.9 Å². The van der Waals surface area contributed by atoms with Gasteiger partial charge in [-0.3, -0.25) is 9.97 Å². The number of halogens is 1. The van der Waals surface area contributed by atoms with Crippen LogP contribution in [-0.4, -0.2) is 52.6 Å². The van der Waals surface area contributed by atoms with Crippen molar-refractivity contribution in [2.45, 2.75) is 18.3 Å². The fourth-order valence-electron chi connectivity index (χ4n) is 15.8. The molecule has 16 aromatic rings. The van der Waals surface area contributed by atoms with Crippen molar-refractivity contribution in [3.63, 3.8) is 0 Å². The van der Waals surface area contributed by atoms with Crippen molar-refractivity contribution in [2.24, 2.45) is 0 Å². The molecule has 4 aliphatic carbocycles. The van der Waals surface area contributed by atoms with E-state index in [2.05, 4.69) is 237 Å². The Bertz CT molecular complexity index is 5780. The smallest absolute Gasteiger partial charge is 0.537 e. The molecule has 0 amide bonds. The molecule has 0 bridgehead atoms. The molecule has 12 heteroatoms. The summed E-state index contributed by atoms with van der Waals surface area (Å²) >= 11 is 6.11. The van der Waals surface area contributed by atoms with Gasteiger partial charge in [0.1, 0.15) is 5.75 Å². The second kappa shape index (κ2) is 26.6. The molecule has 20 rings (SSSR count). The highest BCUT2D eigenvalue weighted by Crippen LogP contribution is 2.66. The standard InChI is InChI=1S/C45H28N4.C25H16BO2.C20H13ClN4.CH4/c1-2-12-30(13-3-1)42-47-43(31-25-23-29(24-26-31)32-14-11-27-46-28-32)49-44(48-42)36-18-10-22-40-41(36)35-17-6-9-21-39(35)45(40)37-19-7-4-15-33(37)34-16-5-8-20-38(34)45;27-26-28-23-15-7-14-22-24(23)18-10-3-6-13-21(18)25(22)19-11-4-1-8-16(19)17-9-2-5-12-20(17)25;21-20-24-18(15-5-2-1-3-6-15)23-19(25-20)16-10-8-14(9-11-16)17-7-4-12-22-13-17;/h1-28H;1-15,27H;1-13H;1H4. The fourth-order valence-corrected chi connectivity index (χ4v) is 16.0. The van der Waals surface area contributed by atoms with E-state index in [1.807, 2.05) is 116 Å². The average molecular weight is 1340 g/mol. The minimum absolute atomic E-state index is 0. The highest BCUT2D eigenvalue weighted by atomic mass is 35.5. The second-order valence-corrected chi connectivity index (χ2v) is 25.7. The summed E-state index contributed by atoms with van der Waals surface area (Å²) in [4.78, 5) is 36.9. The fraction of sp³-hybridized carbons (Fsp3) is 0.0330. The lowest BCUT2D eigenvalue weighted by molar-refractivity contribution is 0.454. The Balaban J connectivity index is 0.000000124. The van der Waals surface area contributed by atoms with Gasteiger partial charge in [-0.05, 0) is 136 Å². The van der Waals surface area contributed by atoms with Crippen LogP contribution in [0.25, 0.3) is 124 Å². The van der Waals surface area contributed by atoms with E-state index in [4.69, 9.17) is 31.2 Å². The molecule has 487 valence electrons. The monoisotopic (exact) mass is 1340 g/mol.